The van der Waals surface area contributed by atoms with Crippen LogP contribution in [0.5, 0.6) is 0 Å². The molecule has 1 atom stereocenters. The smallest absolute Gasteiger partial charge is 0.123 e. The Hall–Kier alpha value is -0.930. The zero-order valence-electron chi connectivity index (χ0n) is 8.33. The molecule has 3 heteroatoms. The molecule has 14 heavy (non-hydrogen) atoms. The summed E-state index contributed by atoms with van der Waals surface area (Å²) in [7, 11) is 2.11. The predicted octanol–water partition coefficient (Wildman–Crippen LogP) is 1.40. The van der Waals surface area contributed by atoms with Gasteiger partial charge in [-0.2, -0.15) is 0 Å². The van der Waals surface area contributed by atoms with E-state index >= 15 is 0 Å². The number of rotatable bonds is 1. The Kier molecular flexibility index (Phi) is 2.79. The molecular weight excluding hydrogens is 179 g/mol. The van der Waals surface area contributed by atoms with E-state index in [1.807, 2.05) is 12.1 Å². The first-order valence-corrected chi connectivity index (χ1v) is 4.94. The molecule has 1 aromatic carbocycles. The van der Waals surface area contributed by atoms with Crippen LogP contribution < -0.4 is 5.32 Å². The van der Waals surface area contributed by atoms with Crippen LogP contribution in [0.2, 0.25) is 0 Å². The third kappa shape index (κ3) is 1.94. The molecule has 0 bridgehead atoms. The lowest BCUT2D eigenvalue weighted by atomic mass is 10.0. The number of halogens is 1. The maximum atomic E-state index is 12.7. The molecule has 0 saturated carbocycles. The van der Waals surface area contributed by atoms with Crippen molar-refractivity contribution in [2.24, 2.45) is 0 Å². The molecule has 2 rings (SSSR count). The Labute approximate surface area is 83.7 Å². The summed E-state index contributed by atoms with van der Waals surface area (Å²) in [6.45, 7) is 3.03. The average Bonchev–Trinajstić information content (AvgIpc) is 2.20. The predicted molar refractivity (Wildman–Crippen MR) is 54.6 cm³/mol. The fraction of sp³-hybridized carbons (Fsp3) is 0.455. The number of piperazine rings is 1. The average molecular weight is 194 g/mol. The summed E-state index contributed by atoms with van der Waals surface area (Å²) < 4.78 is 12.7. The number of benzene rings is 1. The normalized spacial score (nSPS) is 23.7. The van der Waals surface area contributed by atoms with E-state index in [0.717, 1.165) is 19.6 Å². The van der Waals surface area contributed by atoms with Gasteiger partial charge in [0.15, 0.2) is 0 Å². The minimum absolute atomic E-state index is 0.167. The van der Waals surface area contributed by atoms with Gasteiger partial charge in [-0.3, -0.25) is 4.90 Å². The first kappa shape index (κ1) is 9.62. The van der Waals surface area contributed by atoms with Crippen molar-refractivity contribution >= 4 is 0 Å². The van der Waals surface area contributed by atoms with Crippen LogP contribution in [0.1, 0.15) is 11.6 Å². The lowest BCUT2D eigenvalue weighted by Crippen LogP contribution is -2.43. The summed E-state index contributed by atoms with van der Waals surface area (Å²) in [5.74, 6) is -0.167. The van der Waals surface area contributed by atoms with Crippen molar-refractivity contribution in [3.63, 3.8) is 0 Å². The van der Waals surface area contributed by atoms with Gasteiger partial charge in [-0.05, 0) is 24.7 Å². The zero-order chi connectivity index (χ0) is 9.97. The Morgan fingerprint density at radius 2 is 2.07 bits per heavy atom. The number of hydrogen-bond donors (Lipinski definition) is 1. The van der Waals surface area contributed by atoms with Crippen LogP contribution in [-0.4, -0.2) is 31.6 Å². The molecule has 76 valence electrons. The molecule has 1 aliphatic rings. The summed E-state index contributed by atoms with van der Waals surface area (Å²) in [5.41, 5.74) is 1.18. The van der Waals surface area contributed by atoms with Gasteiger partial charge in [0, 0.05) is 25.7 Å². The van der Waals surface area contributed by atoms with Gasteiger partial charge in [-0.1, -0.05) is 12.1 Å². The fourth-order valence-corrected chi connectivity index (χ4v) is 1.86. The van der Waals surface area contributed by atoms with Gasteiger partial charge >= 0.3 is 0 Å². The van der Waals surface area contributed by atoms with Crippen molar-refractivity contribution < 1.29 is 4.39 Å². The minimum Gasteiger partial charge on any atom is -0.314 e. The molecular formula is C11H15FN2. The van der Waals surface area contributed by atoms with Crippen molar-refractivity contribution in [2.45, 2.75) is 6.04 Å². The van der Waals surface area contributed by atoms with Crippen LogP contribution in [0, 0.1) is 5.82 Å². The van der Waals surface area contributed by atoms with Crippen LogP contribution in [0.4, 0.5) is 4.39 Å². The molecule has 0 aliphatic carbocycles. The van der Waals surface area contributed by atoms with Crippen LogP contribution in [0.15, 0.2) is 24.3 Å². The van der Waals surface area contributed by atoms with Crippen LogP contribution in [-0.2, 0) is 0 Å². The molecule has 0 radical (unpaired) electrons. The summed E-state index contributed by atoms with van der Waals surface area (Å²) in [4.78, 5) is 2.30. The molecule has 1 fully saturated rings. The molecule has 1 heterocycles. The molecule has 1 saturated heterocycles. The third-order valence-corrected chi connectivity index (χ3v) is 2.77. The van der Waals surface area contributed by atoms with Crippen molar-refractivity contribution in [3.05, 3.63) is 35.6 Å². The second kappa shape index (κ2) is 4.07. The largest absolute Gasteiger partial charge is 0.314 e. The van der Waals surface area contributed by atoms with E-state index in [9.17, 15) is 4.39 Å². The summed E-state index contributed by atoms with van der Waals surface area (Å²) in [6, 6.07) is 7.16. The quantitative estimate of drug-likeness (QED) is 0.727. The highest BCUT2D eigenvalue weighted by Gasteiger charge is 2.19. The number of hydrogen-bond acceptors (Lipinski definition) is 2. The van der Waals surface area contributed by atoms with E-state index in [1.165, 1.54) is 17.7 Å². The molecule has 2 nitrogen and oxygen atoms in total. The van der Waals surface area contributed by atoms with Gasteiger partial charge < -0.3 is 5.32 Å². The lowest BCUT2D eigenvalue weighted by Gasteiger charge is -2.33. The van der Waals surface area contributed by atoms with E-state index < -0.39 is 0 Å². The first-order valence-electron chi connectivity index (χ1n) is 4.94. The lowest BCUT2D eigenvalue weighted by molar-refractivity contribution is 0.202. The maximum Gasteiger partial charge on any atom is 0.123 e. The van der Waals surface area contributed by atoms with Crippen LogP contribution >= 0.6 is 0 Å². The summed E-state index contributed by atoms with van der Waals surface area (Å²) in [6.07, 6.45) is 0. The molecule has 0 spiro atoms. The standard InChI is InChI=1S/C11H15FN2/c1-14-7-6-13-8-11(14)9-2-4-10(12)5-3-9/h2-5,11,13H,6-8H2,1H3/t11-/m1/s1. The molecule has 1 aromatic rings. The van der Waals surface area contributed by atoms with Gasteiger partial charge in [0.1, 0.15) is 5.82 Å². The number of nitrogens with zero attached hydrogens (tertiary/aromatic N) is 1. The summed E-state index contributed by atoms with van der Waals surface area (Å²) >= 11 is 0. The van der Waals surface area contributed by atoms with E-state index in [1.54, 1.807) is 0 Å². The van der Waals surface area contributed by atoms with E-state index in [-0.39, 0.29) is 5.82 Å². The van der Waals surface area contributed by atoms with Gasteiger partial charge in [-0.25, -0.2) is 4.39 Å². The van der Waals surface area contributed by atoms with E-state index in [4.69, 9.17) is 0 Å². The SMILES string of the molecule is CN1CCNC[C@@H]1c1ccc(F)cc1. The van der Waals surface area contributed by atoms with Crippen molar-refractivity contribution in [1.82, 2.24) is 10.2 Å². The highest BCUT2D eigenvalue weighted by molar-refractivity contribution is 5.20. The zero-order valence-corrected chi connectivity index (χ0v) is 8.33. The van der Waals surface area contributed by atoms with Crippen molar-refractivity contribution in [1.29, 1.82) is 0 Å². The van der Waals surface area contributed by atoms with Gasteiger partial charge in [0.2, 0.25) is 0 Å². The van der Waals surface area contributed by atoms with Crippen LogP contribution in [0.25, 0.3) is 0 Å². The molecule has 1 N–H and O–H groups in total. The molecule has 0 amide bonds. The van der Waals surface area contributed by atoms with Gasteiger partial charge in [0.05, 0.1) is 0 Å². The summed E-state index contributed by atoms with van der Waals surface area (Å²) in [5, 5.41) is 3.34. The highest BCUT2D eigenvalue weighted by atomic mass is 19.1. The monoisotopic (exact) mass is 194 g/mol. The van der Waals surface area contributed by atoms with E-state index in [2.05, 4.69) is 17.3 Å². The van der Waals surface area contributed by atoms with Crippen molar-refractivity contribution in [3.8, 4) is 0 Å². The minimum atomic E-state index is -0.167. The Morgan fingerprint density at radius 1 is 1.36 bits per heavy atom. The maximum absolute atomic E-state index is 12.7. The second-order valence-corrected chi connectivity index (χ2v) is 3.75. The Bertz CT molecular complexity index is 297. The molecule has 0 unspecified atom stereocenters. The van der Waals surface area contributed by atoms with Gasteiger partial charge in [0.25, 0.3) is 0 Å². The highest BCUT2D eigenvalue weighted by Crippen LogP contribution is 2.20. The number of likely N-dealkylation sites (N-methyl/N-ethyl adjacent to an activating group) is 1. The third-order valence-electron chi connectivity index (χ3n) is 2.77. The first-order chi connectivity index (χ1) is 6.77. The molecule has 1 aliphatic heterocycles. The topological polar surface area (TPSA) is 15.3 Å². The van der Waals surface area contributed by atoms with Gasteiger partial charge in [-0.15, -0.1) is 0 Å². The van der Waals surface area contributed by atoms with Crippen molar-refractivity contribution in [2.75, 3.05) is 26.7 Å². The fourth-order valence-electron chi connectivity index (χ4n) is 1.86. The Morgan fingerprint density at radius 3 is 2.71 bits per heavy atom. The van der Waals surface area contributed by atoms with Crippen LogP contribution in [0.3, 0.4) is 0 Å². The molecule has 0 aromatic heterocycles. The number of nitrogens with one attached hydrogen (secondary N) is 1. The Balaban J connectivity index is 2.16. The van der Waals surface area contributed by atoms with E-state index in [0.29, 0.717) is 6.04 Å². The second-order valence-electron chi connectivity index (χ2n) is 3.75.